The molecular weight excluding hydrogens is 613 g/mol. The van der Waals surface area contributed by atoms with Gasteiger partial charge in [0.15, 0.2) is 0 Å². The third kappa shape index (κ3) is 6.52. The van der Waals surface area contributed by atoms with Gasteiger partial charge in [0.1, 0.15) is 18.2 Å². The molecule has 1 atom stereocenters. The Morgan fingerprint density at radius 2 is 1.96 bits per heavy atom. The molecule has 0 spiro atoms. The number of methoxy groups -OCH3 is 1. The fourth-order valence-corrected chi connectivity index (χ4v) is 6.47. The van der Waals surface area contributed by atoms with Crippen molar-refractivity contribution in [3.63, 3.8) is 0 Å². The van der Waals surface area contributed by atoms with Crippen LogP contribution in [0.3, 0.4) is 0 Å². The van der Waals surface area contributed by atoms with Crippen LogP contribution in [0, 0.1) is 17.1 Å². The van der Waals surface area contributed by atoms with Crippen LogP contribution in [0.25, 0.3) is 22.2 Å². The summed E-state index contributed by atoms with van der Waals surface area (Å²) >= 11 is 0. The second-order valence-corrected chi connectivity index (χ2v) is 12.4. The predicted molar refractivity (Wildman–Crippen MR) is 175 cm³/mol. The second-order valence-electron chi connectivity index (χ2n) is 12.4. The van der Waals surface area contributed by atoms with E-state index >= 15 is 0 Å². The van der Waals surface area contributed by atoms with Gasteiger partial charge in [-0.3, -0.25) is 9.58 Å². The van der Waals surface area contributed by atoms with Crippen molar-refractivity contribution in [2.45, 2.75) is 51.0 Å². The lowest BCUT2D eigenvalue weighted by Gasteiger charge is -2.32. The highest BCUT2D eigenvalue weighted by atomic mass is 19.1. The van der Waals surface area contributed by atoms with E-state index in [1.165, 1.54) is 13.2 Å². The van der Waals surface area contributed by atoms with Gasteiger partial charge in [-0.05, 0) is 62.7 Å². The Morgan fingerprint density at radius 1 is 1.12 bits per heavy atom. The molecule has 5 aromatic rings. The fraction of sp³-hybridized carbons (Fsp3) is 0.361. The summed E-state index contributed by atoms with van der Waals surface area (Å²) in [6.07, 6.45) is 6.56. The minimum absolute atomic E-state index is 0.0319. The summed E-state index contributed by atoms with van der Waals surface area (Å²) in [5.74, 6) is 0.772. The van der Waals surface area contributed by atoms with Gasteiger partial charge in [-0.25, -0.2) is 19.2 Å². The van der Waals surface area contributed by atoms with Gasteiger partial charge in [0.05, 0.1) is 60.7 Å². The molecule has 0 bridgehead atoms. The first-order valence-corrected chi connectivity index (χ1v) is 16.1. The van der Waals surface area contributed by atoms with Crippen LogP contribution in [0.15, 0.2) is 60.9 Å². The van der Waals surface area contributed by atoms with Gasteiger partial charge in [-0.1, -0.05) is 12.1 Å². The maximum atomic E-state index is 14.3. The number of imidazole rings is 1. The molecule has 0 saturated carbocycles. The molecule has 2 aliphatic heterocycles. The third-order valence-corrected chi connectivity index (χ3v) is 9.24. The van der Waals surface area contributed by atoms with E-state index in [-0.39, 0.29) is 24.2 Å². The minimum Gasteiger partial charge on any atom is -0.473 e. The Balaban J connectivity index is 1.07. The SMILES string of the molecule is COC(=O)c1cc2c(cc1-c1cnn(C)c1)nc(CN1CCC(c3cccc(OCc4ccc(C#N)cc4F)n3)CC1)n2C[C@@H]1CCO1. The zero-order valence-electron chi connectivity index (χ0n) is 26.9. The molecule has 11 nitrogen and oxygen atoms in total. The molecule has 0 aliphatic carbocycles. The number of carbonyl (C=O) groups excluding carboxylic acids is 1. The van der Waals surface area contributed by atoms with E-state index in [2.05, 4.69) is 14.6 Å². The van der Waals surface area contributed by atoms with Crippen LogP contribution in [-0.4, -0.2) is 68.1 Å². The lowest BCUT2D eigenvalue weighted by molar-refractivity contribution is -0.0592. The van der Waals surface area contributed by atoms with Crippen molar-refractivity contribution in [2.24, 2.45) is 7.05 Å². The lowest BCUT2D eigenvalue weighted by Crippen LogP contribution is -2.35. The number of rotatable bonds is 10. The summed E-state index contributed by atoms with van der Waals surface area (Å²) in [7, 11) is 3.24. The number of aromatic nitrogens is 5. The highest BCUT2D eigenvalue weighted by Gasteiger charge is 2.27. The number of hydrogen-bond donors (Lipinski definition) is 0. The average Bonchev–Trinajstić information content (AvgIpc) is 3.67. The molecule has 48 heavy (non-hydrogen) atoms. The number of nitriles is 1. The van der Waals surface area contributed by atoms with Crippen LogP contribution < -0.4 is 4.74 Å². The number of nitrogens with zero attached hydrogens (tertiary/aromatic N) is 7. The smallest absolute Gasteiger partial charge is 0.338 e. The molecule has 0 amide bonds. The first kappa shape index (κ1) is 31.5. The number of halogens is 1. The number of benzene rings is 2. The number of likely N-dealkylation sites (tertiary alicyclic amines) is 1. The molecule has 2 saturated heterocycles. The van der Waals surface area contributed by atoms with Gasteiger partial charge in [-0.15, -0.1) is 0 Å². The number of piperidine rings is 1. The van der Waals surface area contributed by atoms with E-state index in [4.69, 9.17) is 29.4 Å². The largest absolute Gasteiger partial charge is 0.473 e. The summed E-state index contributed by atoms with van der Waals surface area (Å²) in [5, 5.41) is 13.3. The molecule has 2 aromatic carbocycles. The molecule has 2 fully saturated rings. The number of fused-ring (bicyclic) bond motifs is 1. The van der Waals surface area contributed by atoms with Crippen LogP contribution in [0.1, 0.15) is 58.2 Å². The summed E-state index contributed by atoms with van der Waals surface area (Å²) in [6, 6.07) is 15.9. The Bertz CT molecular complexity index is 2000. The van der Waals surface area contributed by atoms with Crippen LogP contribution >= 0.6 is 0 Å². The molecule has 3 aromatic heterocycles. The zero-order chi connectivity index (χ0) is 33.2. The molecule has 0 radical (unpaired) electrons. The monoisotopic (exact) mass is 649 g/mol. The molecule has 0 unspecified atom stereocenters. The normalized spacial score (nSPS) is 16.8. The zero-order valence-corrected chi connectivity index (χ0v) is 26.9. The maximum absolute atomic E-state index is 14.3. The number of ether oxygens (including phenoxy) is 3. The van der Waals surface area contributed by atoms with Crippen LogP contribution in [0.4, 0.5) is 4.39 Å². The van der Waals surface area contributed by atoms with Crippen molar-refractivity contribution in [2.75, 3.05) is 26.8 Å². The third-order valence-electron chi connectivity index (χ3n) is 9.24. The minimum atomic E-state index is -0.468. The molecule has 5 heterocycles. The molecular formula is C36H36FN7O4. The van der Waals surface area contributed by atoms with Crippen molar-refractivity contribution >= 4 is 17.0 Å². The number of hydrogen-bond acceptors (Lipinski definition) is 9. The van der Waals surface area contributed by atoms with Crippen molar-refractivity contribution in [1.82, 2.24) is 29.2 Å². The van der Waals surface area contributed by atoms with E-state index < -0.39 is 11.8 Å². The van der Waals surface area contributed by atoms with Crippen LogP contribution in [-0.2, 0) is 36.2 Å². The number of aryl methyl sites for hydroxylation is 1. The number of pyridine rings is 1. The Morgan fingerprint density at radius 3 is 2.65 bits per heavy atom. The maximum Gasteiger partial charge on any atom is 0.338 e. The van der Waals surface area contributed by atoms with Gasteiger partial charge in [0.2, 0.25) is 5.88 Å². The Hall–Kier alpha value is -5.12. The van der Waals surface area contributed by atoms with Gasteiger partial charge in [0, 0.05) is 54.2 Å². The van der Waals surface area contributed by atoms with Crippen molar-refractivity contribution in [1.29, 1.82) is 5.26 Å². The molecule has 0 N–H and O–H groups in total. The van der Waals surface area contributed by atoms with E-state index in [0.29, 0.717) is 30.1 Å². The van der Waals surface area contributed by atoms with Crippen molar-refractivity contribution < 1.29 is 23.4 Å². The standard InChI is InChI=1S/C36H36FN7O4/c1-42-19-26(18-39-42)28-15-32-33(16-29(28)36(45)46-2)44(20-27-10-13-47-27)34(40-32)21-43-11-8-24(9-12-43)31-4-3-5-35(41-31)48-22-25-7-6-23(17-38)14-30(25)37/h3-7,14-16,18-19,24,27H,8-13,20-22H2,1-2H3/t27-/m0/s1. The number of esters is 1. The molecule has 7 rings (SSSR count). The van der Waals surface area contributed by atoms with E-state index in [1.807, 2.05) is 43.6 Å². The topological polar surface area (TPSA) is 120 Å². The molecule has 246 valence electrons. The molecule has 12 heteroatoms. The van der Waals surface area contributed by atoms with Gasteiger partial charge in [-0.2, -0.15) is 10.4 Å². The van der Waals surface area contributed by atoms with E-state index in [9.17, 15) is 9.18 Å². The highest BCUT2D eigenvalue weighted by molar-refractivity contribution is 6.01. The fourth-order valence-electron chi connectivity index (χ4n) is 6.47. The highest BCUT2D eigenvalue weighted by Crippen LogP contribution is 2.33. The van der Waals surface area contributed by atoms with Gasteiger partial charge < -0.3 is 18.8 Å². The first-order chi connectivity index (χ1) is 23.4. The van der Waals surface area contributed by atoms with E-state index in [1.54, 1.807) is 29.1 Å². The quantitative estimate of drug-likeness (QED) is 0.184. The van der Waals surface area contributed by atoms with Gasteiger partial charge in [0.25, 0.3) is 0 Å². The van der Waals surface area contributed by atoms with Crippen LogP contribution in [0.2, 0.25) is 0 Å². The number of carbonyl (C=O) groups is 1. The second kappa shape index (κ2) is 13.5. The van der Waals surface area contributed by atoms with Crippen molar-refractivity contribution in [3.8, 4) is 23.1 Å². The Kier molecular flexibility index (Phi) is 8.88. The average molecular weight is 650 g/mol. The summed E-state index contributed by atoms with van der Waals surface area (Å²) in [4.78, 5) is 25.2. The summed E-state index contributed by atoms with van der Waals surface area (Å²) < 4.78 is 35.1. The van der Waals surface area contributed by atoms with E-state index in [0.717, 1.165) is 72.6 Å². The molecule has 2 aliphatic rings. The predicted octanol–water partition coefficient (Wildman–Crippen LogP) is 5.38. The Labute approximate surface area is 277 Å². The summed E-state index contributed by atoms with van der Waals surface area (Å²) in [5.41, 5.74) is 5.33. The van der Waals surface area contributed by atoms with Gasteiger partial charge >= 0.3 is 5.97 Å². The summed E-state index contributed by atoms with van der Waals surface area (Å²) in [6.45, 7) is 3.85. The lowest BCUT2D eigenvalue weighted by atomic mass is 9.93. The van der Waals surface area contributed by atoms with Crippen molar-refractivity contribution in [3.05, 3.63) is 95.0 Å². The van der Waals surface area contributed by atoms with Crippen LogP contribution in [0.5, 0.6) is 5.88 Å². The first-order valence-electron chi connectivity index (χ1n) is 16.1.